The highest BCUT2D eigenvalue weighted by atomic mass is 35.5. The molecule has 2 aromatic rings. The van der Waals surface area contributed by atoms with E-state index in [-0.39, 0.29) is 16.1 Å². The van der Waals surface area contributed by atoms with E-state index in [4.69, 9.17) is 11.6 Å². The summed E-state index contributed by atoms with van der Waals surface area (Å²) in [7, 11) is 0. The molecule has 0 bridgehead atoms. The maximum atomic E-state index is 13.5. The van der Waals surface area contributed by atoms with Gasteiger partial charge in [0, 0.05) is 17.7 Å². The van der Waals surface area contributed by atoms with E-state index < -0.39 is 23.0 Å². The molecule has 18 heavy (non-hydrogen) atoms. The van der Waals surface area contributed by atoms with Crippen molar-refractivity contribution < 1.29 is 18.0 Å². The van der Waals surface area contributed by atoms with Crippen molar-refractivity contribution in [3.05, 3.63) is 58.4 Å². The van der Waals surface area contributed by atoms with Crippen LogP contribution in [-0.4, -0.2) is 6.29 Å². The minimum absolute atomic E-state index is 0.109. The number of carbonyl (C=O) groups is 1. The molecule has 0 aromatic heterocycles. The van der Waals surface area contributed by atoms with Crippen LogP contribution in [0.1, 0.15) is 10.4 Å². The Morgan fingerprint density at radius 1 is 1.00 bits per heavy atom. The minimum Gasteiger partial charge on any atom is -0.298 e. The van der Waals surface area contributed by atoms with Crippen LogP contribution in [-0.2, 0) is 0 Å². The molecule has 0 aliphatic rings. The van der Waals surface area contributed by atoms with Crippen LogP contribution in [0.2, 0.25) is 5.02 Å². The van der Waals surface area contributed by atoms with Crippen molar-refractivity contribution in [3.8, 4) is 11.1 Å². The van der Waals surface area contributed by atoms with E-state index in [0.717, 1.165) is 0 Å². The second kappa shape index (κ2) is 4.82. The summed E-state index contributed by atoms with van der Waals surface area (Å²) in [5.41, 5.74) is -0.162. The molecular weight excluding hydrogens is 265 g/mol. The minimum atomic E-state index is -1.04. The number of halogens is 4. The molecule has 2 aromatic carbocycles. The van der Waals surface area contributed by atoms with Crippen molar-refractivity contribution in [1.82, 2.24) is 0 Å². The second-order valence-corrected chi connectivity index (χ2v) is 4.01. The van der Waals surface area contributed by atoms with E-state index in [1.807, 2.05) is 0 Å². The van der Waals surface area contributed by atoms with Gasteiger partial charge in [0.25, 0.3) is 0 Å². The van der Waals surface area contributed by atoms with Gasteiger partial charge in [-0.1, -0.05) is 17.7 Å². The molecule has 2 rings (SSSR count). The molecule has 0 saturated heterocycles. The zero-order valence-corrected chi connectivity index (χ0v) is 9.64. The SMILES string of the molecule is O=Cc1cc(-c2c(F)cc(F)cc2F)ccc1Cl. The van der Waals surface area contributed by atoms with Crippen LogP contribution in [0, 0.1) is 17.5 Å². The van der Waals surface area contributed by atoms with Crippen molar-refractivity contribution in [1.29, 1.82) is 0 Å². The van der Waals surface area contributed by atoms with Crippen molar-refractivity contribution >= 4 is 17.9 Å². The summed E-state index contributed by atoms with van der Waals surface area (Å²) in [5.74, 6) is -3.07. The van der Waals surface area contributed by atoms with Crippen LogP contribution < -0.4 is 0 Å². The molecule has 0 N–H and O–H groups in total. The van der Waals surface area contributed by atoms with Crippen LogP contribution in [0.4, 0.5) is 13.2 Å². The smallest absolute Gasteiger partial charge is 0.151 e. The summed E-state index contributed by atoms with van der Waals surface area (Å²) < 4.78 is 39.8. The number of rotatable bonds is 2. The van der Waals surface area contributed by atoms with E-state index in [0.29, 0.717) is 18.4 Å². The highest BCUT2D eigenvalue weighted by Gasteiger charge is 2.14. The monoisotopic (exact) mass is 270 g/mol. The summed E-state index contributed by atoms with van der Waals surface area (Å²) in [6.07, 6.45) is 0.477. The molecule has 1 nitrogen and oxygen atoms in total. The summed E-state index contributed by atoms with van der Waals surface area (Å²) in [6.45, 7) is 0. The summed E-state index contributed by atoms with van der Waals surface area (Å²) in [6, 6.07) is 5.10. The van der Waals surface area contributed by atoms with Gasteiger partial charge in [-0.05, 0) is 17.7 Å². The predicted octanol–water partition coefficient (Wildman–Crippen LogP) is 4.24. The van der Waals surface area contributed by atoms with Gasteiger partial charge in [0.05, 0.1) is 10.6 Å². The molecule has 0 amide bonds. The lowest BCUT2D eigenvalue weighted by Crippen LogP contribution is -1.93. The Hall–Kier alpha value is -1.81. The Balaban J connectivity index is 2.66. The fourth-order valence-corrected chi connectivity index (χ4v) is 1.77. The summed E-state index contributed by atoms with van der Waals surface area (Å²) in [5, 5.41) is 0.177. The molecule has 0 atom stereocenters. The third-order valence-corrected chi connectivity index (χ3v) is 2.76. The Morgan fingerprint density at radius 3 is 2.17 bits per heavy atom. The van der Waals surface area contributed by atoms with Gasteiger partial charge in [-0.15, -0.1) is 0 Å². The highest BCUT2D eigenvalue weighted by Crippen LogP contribution is 2.29. The van der Waals surface area contributed by atoms with Crippen LogP contribution in [0.5, 0.6) is 0 Å². The molecule has 5 heteroatoms. The third-order valence-electron chi connectivity index (χ3n) is 2.42. The first-order valence-corrected chi connectivity index (χ1v) is 5.30. The molecular formula is C13H6ClF3O. The van der Waals surface area contributed by atoms with Gasteiger partial charge < -0.3 is 0 Å². The maximum absolute atomic E-state index is 13.5. The lowest BCUT2D eigenvalue weighted by molar-refractivity contribution is 0.112. The van der Waals surface area contributed by atoms with E-state index in [9.17, 15) is 18.0 Å². The summed E-state index contributed by atoms with van der Waals surface area (Å²) >= 11 is 5.71. The normalized spacial score (nSPS) is 10.4. The van der Waals surface area contributed by atoms with Gasteiger partial charge in [-0.2, -0.15) is 0 Å². The van der Waals surface area contributed by atoms with Gasteiger partial charge in [-0.3, -0.25) is 4.79 Å². The lowest BCUT2D eigenvalue weighted by atomic mass is 10.0. The molecule has 0 aliphatic carbocycles. The molecule has 0 saturated carbocycles. The first kappa shape index (κ1) is 12.6. The standard InChI is InChI=1S/C13H6ClF3O/c14-10-2-1-7(3-8(10)6-18)13-11(16)4-9(15)5-12(13)17/h1-6H. The quantitative estimate of drug-likeness (QED) is 0.746. The van der Waals surface area contributed by atoms with E-state index >= 15 is 0 Å². The zero-order chi connectivity index (χ0) is 13.3. The number of hydrogen-bond donors (Lipinski definition) is 0. The Kier molecular flexibility index (Phi) is 3.39. The van der Waals surface area contributed by atoms with Crippen molar-refractivity contribution in [2.24, 2.45) is 0 Å². The number of aldehydes is 1. The molecule has 92 valence electrons. The molecule has 0 fully saturated rings. The number of carbonyl (C=O) groups excluding carboxylic acids is 1. The molecule has 0 aliphatic heterocycles. The van der Waals surface area contributed by atoms with Gasteiger partial charge in [0.15, 0.2) is 6.29 Å². The largest absolute Gasteiger partial charge is 0.298 e. The van der Waals surface area contributed by atoms with Crippen LogP contribution >= 0.6 is 11.6 Å². The number of benzene rings is 2. The third kappa shape index (κ3) is 2.24. The van der Waals surface area contributed by atoms with Crippen LogP contribution in [0.15, 0.2) is 30.3 Å². The van der Waals surface area contributed by atoms with Crippen molar-refractivity contribution in [2.45, 2.75) is 0 Å². The van der Waals surface area contributed by atoms with Crippen LogP contribution in [0.25, 0.3) is 11.1 Å². The fourth-order valence-electron chi connectivity index (χ4n) is 1.61. The van der Waals surface area contributed by atoms with Gasteiger partial charge >= 0.3 is 0 Å². The predicted molar refractivity (Wildman–Crippen MR) is 62.1 cm³/mol. The number of hydrogen-bond acceptors (Lipinski definition) is 1. The first-order valence-electron chi connectivity index (χ1n) is 4.92. The first-order chi connectivity index (χ1) is 8.52. The van der Waals surface area contributed by atoms with E-state index in [1.54, 1.807) is 0 Å². The second-order valence-electron chi connectivity index (χ2n) is 3.60. The molecule has 0 unspecified atom stereocenters. The Morgan fingerprint density at radius 2 is 1.61 bits per heavy atom. The molecule has 0 heterocycles. The Labute approximate surface area is 106 Å². The fraction of sp³-hybridized carbons (Fsp3) is 0. The van der Waals surface area contributed by atoms with Gasteiger partial charge in [0.2, 0.25) is 0 Å². The zero-order valence-electron chi connectivity index (χ0n) is 8.88. The van der Waals surface area contributed by atoms with Gasteiger partial charge in [0.1, 0.15) is 17.5 Å². The van der Waals surface area contributed by atoms with Crippen molar-refractivity contribution in [2.75, 3.05) is 0 Å². The van der Waals surface area contributed by atoms with E-state index in [2.05, 4.69) is 0 Å². The lowest BCUT2D eigenvalue weighted by Gasteiger charge is -2.07. The average molecular weight is 271 g/mol. The van der Waals surface area contributed by atoms with Crippen LogP contribution in [0.3, 0.4) is 0 Å². The molecule has 0 spiro atoms. The topological polar surface area (TPSA) is 17.1 Å². The van der Waals surface area contributed by atoms with Crippen molar-refractivity contribution in [3.63, 3.8) is 0 Å². The molecule has 0 radical (unpaired) electrons. The Bertz CT molecular complexity index is 603. The summed E-state index contributed by atoms with van der Waals surface area (Å²) in [4.78, 5) is 10.7. The van der Waals surface area contributed by atoms with Gasteiger partial charge in [-0.25, -0.2) is 13.2 Å². The maximum Gasteiger partial charge on any atom is 0.151 e. The van der Waals surface area contributed by atoms with E-state index in [1.165, 1.54) is 18.2 Å². The average Bonchev–Trinajstić information content (AvgIpc) is 2.30. The highest BCUT2D eigenvalue weighted by molar-refractivity contribution is 6.33.